The molecular formula is C28H6F18S4. The van der Waals surface area contributed by atoms with Gasteiger partial charge in [0.2, 0.25) is 0 Å². The molecule has 0 bridgehead atoms. The van der Waals surface area contributed by atoms with Crippen molar-refractivity contribution in [3.8, 4) is 0 Å². The lowest BCUT2D eigenvalue weighted by Gasteiger charge is -2.17. The van der Waals surface area contributed by atoms with E-state index in [1.54, 1.807) is 0 Å². The number of hydrogen-bond acceptors (Lipinski definition) is 4. The summed E-state index contributed by atoms with van der Waals surface area (Å²) in [7, 11) is 0. The summed E-state index contributed by atoms with van der Waals surface area (Å²) in [4.78, 5) is -4.01. The van der Waals surface area contributed by atoms with Crippen LogP contribution in [0.3, 0.4) is 0 Å². The minimum Gasteiger partial charge on any atom is -0.166 e. The van der Waals surface area contributed by atoms with Crippen LogP contribution in [0.1, 0.15) is 41.8 Å². The van der Waals surface area contributed by atoms with Gasteiger partial charge in [-0.2, -0.15) is 79.0 Å². The molecule has 0 aliphatic carbocycles. The molecule has 0 aliphatic heterocycles. The van der Waals surface area contributed by atoms with Gasteiger partial charge in [0.25, 0.3) is 0 Å². The molecule has 4 heterocycles. The third-order valence-electron chi connectivity index (χ3n) is 7.06. The van der Waals surface area contributed by atoms with E-state index in [4.69, 9.17) is 0 Å². The quantitative estimate of drug-likeness (QED) is 0.153. The first-order valence-electron chi connectivity index (χ1n) is 12.8. The molecule has 0 spiro atoms. The van der Waals surface area contributed by atoms with Gasteiger partial charge in [-0.15, -0.1) is 45.3 Å². The zero-order valence-corrected chi connectivity index (χ0v) is 26.2. The highest BCUT2D eigenvalue weighted by Gasteiger charge is 2.49. The molecule has 0 amide bonds. The van der Waals surface area contributed by atoms with Crippen molar-refractivity contribution >= 4 is 97.8 Å². The Morgan fingerprint density at radius 3 is 0.800 bits per heavy atom. The predicted octanol–water partition coefficient (Wildman–Crippen LogP) is 14.8. The van der Waals surface area contributed by atoms with Crippen molar-refractivity contribution in [1.29, 1.82) is 0 Å². The maximum absolute atomic E-state index is 14.1. The zero-order chi connectivity index (χ0) is 37.3. The second kappa shape index (κ2) is 11.1. The molecule has 6 aromatic rings. The average Bonchev–Trinajstić information content (AvgIpc) is 3.69. The topological polar surface area (TPSA) is 0 Å². The first kappa shape index (κ1) is 36.5. The van der Waals surface area contributed by atoms with E-state index in [0.29, 0.717) is 0 Å². The molecule has 6 rings (SSSR count). The summed E-state index contributed by atoms with van der Waals surface area (Å²) in [6, 6.07) is 2.07. The Kier molecular flexibility index (Phi) is 8.14. The maximum atomic E-state index is 14.1. The molecule has 0 saturated carbocycles. The Bertz CT molecular complexity index is 2170. The number of alkyl halides is 18. The first-order valence-corrected chi connectivity index (χ1v) is 16.0. The highest BCUT2D eigenvalue weighted by atomic mass is 32.1. The SMILES string of the molecule is FC(F)(F)c1cc2c(s1)c(C(F)(F)F)c(C(F)(F)F)c1sc(/C=C/c3cc4c(s3)c(C(F)(F)F)c(C(F)(F)F)c3sc(C(F)(F)F)cc34)cc12. The van der Waals surface area contributed by atoms with E-state index >= 15 is 0 Å². The van der Waals surface area contributed by atoms with Gasteiger partial charge < -0.3 is 0 Å². The van der Waals surface area contributed by atoms with E-state index in [9.17, 15) is 79.0 Å². The third-order valence-corrected chi connectivity index (χ3v) is 11.7. The molecule has 0 radical (unpaired) electrons. The van der Waals surface area contributed by atoms with Crippen LogP contribution in [0.4, 0.5) is 79.0 Å². The van der Waals surface area contributed by atoms with Crippen LogP contribution >= 0.6 is 45.3 Å². The Morgan fingerprint density at radius 2 is 0.560 bits per heavy atom. The van der Waals surface area contributed by atoms with Crippen molar-refractivity contribution in [2.24, 2.45) is 0 Å². The Morgan fingerprint density at radius 1 is 0.320 bits per heavy atom. The van der Waals surface area contributed by atoms with E-state index in [-0.39, 0.29) is 44.6 Å². The summed E-state index contributed by atoms with van der Waals surface area (Å²) in [5.41, 5.74) is -9.31. The monoisotopic (exact) mass is 812 g/mol. The molecular weight excluding hydrogens is 807 g/mol. The third kappa shape index (κ3) is 6.18. The van der Waals surface area contributed by atoms with Crippen molar-refractivity contribution in [1.82, 2.24) is 0 Å². The second-order valence-electron chi connectivity index (χ2n) is 10.3. The molecule has 22 heteroatoms. The summed E-state index contributed by atoms with van der Waals surface area (Å²) in [6.45, 7) is 0. The van der Waals surface area contributed by atoms with Gasteiger partial charge in [0.15, 0.2) is 0 Å². The van der Waals surface area contributed by atoms with E-state index in [1.807, 2.05) is 0 Å². The molecule has 268 valence electrons. The highest BCUT2D eigenvalue weighted by molar-refractivity contribution is 7.23. The van der Waals surface area contributed by atoms with Crippen LogP contribution in [-0.2, 0) is 37.1 Å². The highest BCUT2D eigenvalue weighted by Crippen LogP contribution is 2.55. The van der Waals surface area contributed by atoms with Crippen molar-refractivity contribution in [3.05, 3.63) is 66.0 Å². The molecule has 0 N–H and O–H groups in total. The normalized spacial score (nSPS) is 14.5. The van der Waals surface area contributed by atoms with Crippen molar-refractivity contribution in [2.75, 3.05) is 0 Å². The number of halogens is 18. The largest absolute Gasteiger partial charge is 0.425 e. The molecule has 4 aromatic heterocycles. The summed E-state index contributed by atoms with van der Waals surface area (Å²) < 4.78 is 245. The number of benzene rings is 2. The Balaban J connectivity index is 1.61. The van der Waals surface area contributed by atoms with Crippen LogP contribution in [0.5, 0.6) is 0 Å². The fraction of sp³-hybridized carbons (Fsp3) is 0.214. The van der Waals surface area contributed by atoms with Crippen LogP contribution in [-0.4, -0.2) is 0 Å². The number of thiophene rings is 4. The molecule has 0 atom stereocenters. The fourth-order valence-electron chi connectivity index (χ4n) is 5.29. The van der Waals surface area contributed by atoms with Crippen LogP contribution in [0.2, 0.25) is 0 Å². The smallest absolute Gasteiger partial charge is 0.166 e. The average molecular weight is 813 g/mol. The van der Waals surface area contributed by atoms with Crippen LogP contribution < -0.4 is 0 Å². The molecule has 0 fully saturated rings. The lowest BCUT2D eigenvalue weighted by Crippen LogP contribution is -2.16. The van der Waals surface area contributed by atoms with Gasteiger partial charge in [0.1, 0.15) is 9.75 Å². The molecule has 0 saturated heterocycles. The Hall–Kier alpha value is -3.24. The molecule has 0 nitrogen and oxygen atoms in total. The van der Waals surface area contributed by atoms with Gasteiger partial charge in [-0.25, -0.2) is 0 Å². The van der Waals surface area contributed by atoms with Gasteiger partial charge in [-0.05, 0) is 36.4 Å². The second-order valence-corrected chi connectivity index (χ2v) is 14.6. The number of fused-ring (bicyclic) bond motifs is 6. The van der Waals surface area contributed by atoms with Gasteiger partial charge in [0.05, 0.1) is 22.3 Å². The first-order chi connectivity index (χ1) is 22.6. The van der Waals surface area contributed by atoms with Gasteiger partial charge in [-0.3, -0.25) is 0 Å². The summed E-state index contributed by atoms with van der Waals surface area (Å²) in [6.07, 6.45) is -31.9. The number of rotatable bonds is 2. The minimum atomic E-state index is -5.79. The standard InChI is InChI=1S/C28H6F18S4/c29-23(30,31)13-5-11-9-3-7(47-19(9)15(25(35,36)37)17(21(11)49-13)27(41,42)43)1-2-8-4-10-12-6-14(24(32,33)34)50-22(12)18(28(44,45)46)16(20(10)48-8)26(38,39)40/h1-6H/b2-1+. The molecule has 2 aromatic carbocycles. The minimum absolute atomic E-state index is 0.0297. The summed E-state index contributed by atoms with van der Waals surface area (Å²) in [5, 5.41) is -3.01. The molecule has 0 aliphatic rings. The lowest BCUT2D eigenvalue weighted by molar-refractivity contribution is -0.159. The van der Waals surface area contributed by atoms with Gasteiger partial charge >= 0.3 is 37.1 Å². The summed E-state index contributed by atoms with van der Waals surface area (Å²) >= 11 is -1.07. The number of hydrogen-bond donors (Lipinski definition) is 0. The van der Waals surface area contributed by atoms with Crippen molar-refractivity contribution in [3.63, 3.8) is 0 Å². The molecule has 50 heavy (non-hydrogen) atoms. The fourth-order valence-corrected chi connectivity index (χ4v) is 9.81. The van der Waals surface area contributed by atoms with Crippen LogP contribution in [0, 0.1) is 0 Å². The predicted molar refractivity (Wildman–Crippen MR) is 153 cm³/mol. The van der Waals surface area contributed by atoms with Crippen LogP contribution in [0.15, 0.2) is 24.3 Å². The van der Waals surface area contributed by atoms with E-state index in [1.165, 1.54) is 0 Å². The van der Waals surface area contributed by atoms with E-state index in [0.717, 1.165) is 24.3 Å². The molecule has 0 unspecified atom stereocenters. The lowest BCUT2D eigenvalue weighted by atomic mass is 10.0. The van der Waals surface area contributed by atoms with Crippen LogP contribution in [0.25, 0.3) is 52.5 Å². The van der Waals surface area contributed by atoms with E-state index < -0.39 is 132 Å². The zero-order valence-electron chi connectivity index (χ0n) is 22.9. The summed E-state index contributed by atoms with van der Waals surface area (Å²) in [5.74, 6) is 0. The van der Waals surface area contributed by atoms with Crippen molar-refractivity contribution in [2.45, 2.75) is 37.1 Å². The van der Waals surface area contributed by atoms with Crippen molar-refractivity contribution < 1.29 is 79.0 Å². The van der Waals surface area contributed by atoms with Gasteiger partial charge in [0, 0.05) is 50.1 Å². The Labute approximate surface area is 279 Å². The van der Waals surface area contributed by atoms with E-state index in [2.05, 4.69) is 0 Å². The maximum Gasteiger partial charge on any atom is 0.425 e. The van der Waals surface area contributed by atoms with Gasteiger partial charge in [-0.1, -0.05) is 0 Å².